The number of carbonyl (C=O) groups excluding carboxylic acids is 1. The first-order valence-electron chi connectivity index (χ1n) is 9.15. The molecule has 3 rings (SSSR count). The predicted molar refractivity (Wildman–Crippen MR) is 104 cm³/mol. The summed E-state index contributed by atoms with van der Waals surface area (Å²) >= 11 is 6.05. The van der Waals surface area contributed by atoms with E-state index >= 15 is 0 Å². The molecule has 0 spiro atoms. The number of hydrogen-bond acceptors (Lipinski definition) is 3. The molecular weight excluding hydrogens is 367 g/mol. The van der Waals surface area contributed by atoms with E-state index in [-0.39, 0.29) is 18.3 Å². The van der Waals surface area contributed by atoms with Crippen molar-refractivity contribution < 1.29 is 13.9 Å². The van der Waals surface area contributed by atoms with Crippen molar-refractivity contribution in [3.8, 4) is 5.75 Å². The zero-order valence-electron chi connectivity index (χ0n) is 15.5. The number of nitrogens with zero attached hydrogens (tertiary/aromatic N) is 2. The molecule has 0 unspecified atom stereocenters. The molecular formula is C21H24ClFN2O2. The molecule has 0 aromatic heterocycles. The van der Waals surface area contributed by atoms with E-state index in [1.54, 1.807) is 19.1 Å². The van der Waals surface area contributed by atoms with Crippen molar-refractivity contribution in [2.24, 2.45) is 0 Å². The lowest BCUT2D eigenvalue weighted by Crippen LogP contribution is -2.33. The van der Waals surface area contributed by atoms with Gasteiger partial charge in [-0.15, -0.1) is 0 Å². The number of ether oxygens (including phenoxy) is 1. The van der Waals surface area contributed by atoms with Gasteiger partial charge in [0.15, 0.2) is 0 Å². The van der Waals surface area contributed by atoms with Gasteiger partial charge in [-0.25, -0.2) is 4.39 Å². The van der Waals surface area contributed by atoms with E-state index in [2.05, 4.69) is 11.0 Å². The number of amides is 1. The minimum Gasteiger partial charge on any atom is -0.489 e. The van der Waals surface area contributed by atoms with Crippen LogP contribution in [0.5, 0.6) is 5.75 Å². The van der Waals surface area contributed by atoms with Crippen molar-refractivity contribution in [3.05, 3.63) is 64.4 Å². The molecule has 0 bridgehead atoms. The maximum atomic E-state index is 13.9. The zero-order valence-corrected chi connectivity index (χ0v) is 16.2. The quantitative estimate of drug-likeness (QED) is 0.770. The Kier molecular flexibility index (Phi) is 6.69. The van der Waals surface area contributed by atoms with E-state index in [9.17, 15) is 9.18 Å². The maximum absolute atomic E-state index is 13.9. The molecule has 6 heteroatoms. The second kappa shape index (κ2) is 9.20. The molecule has 0 N–H and O–H groups in total. The number of hydrogen-bond donors (Lipinski definition) is 0. The lowest BCUT2D eigenvalue weighted by Gasteiger charge is -2.21. The molecule has 2 aromatic carbocycles. The second-order valence-corrected chi connectivity index (χ2v) is 7.18. The Hall–Kier alpha value is -2.11. The predicted octanol–water partition coefficient (Wildman–Crippen LogP) is 4.11. The van der Waals surface area contributed by atoms with Crippen LogP contribution >= 0.6 is 11.6 Å². The molecule has 1 aliphatic heterocycles. The highest BCUT2D eigenvalue weighted by Crippen LogP contribution is 2.22. The van der Waals surface area contributed by atoms with Crippen LogP contribution in [0.1, 0.15) is 24.5 Å². The molecule has 0 saturated carbocycles. The summed E-state index contributed by atoms with van der Waals surface area (Å²) in [6, 6.07) is 12.4. The number of rotatable bonds is 5. The van der Waals surface area contributed by atoms with Crippen molar-refractivity contribution in [2.75, 3.05) is 26.2 Å². The monoisotopic (exact) mass is 390 g/mol. The highest BCUT2D eigenvalue weighted by atomic mass is 35.5. The highest BCUT2D eigenvalue weighted by Gasteiger charge is 2.16. The molecule has 0 atom stereocenters. The highest BCUT2D eigenvalue weighted by molar-refractivity contribution is 6.31. The molecule has 1 amide bonds. The third kappa shape index (κ3) is 5.44. The van der Waals surface area contributed by atoms with Gasteiger partial charge in [-0.1, -0.05) is 29.8 Å². The second-order valence-electron chi connectivity index (χ2n) is 6.77. The van der Waals surface area contributed by atoms with Crippen molar-refractivity contribution in [1.82, 2.24) is 9.80 Å². The molecule has 2 aromatic rings. The summed E-state index contributed by atoms with van der Waals surface area (Å²) in [6.07, 6.45) is 0.974. The average molecular weight is 391 g/mol. The third-order valence-corrected chi connectivity index (χ3v) is 5.14. The van der Waals surface area contributed by atoms with Gasteiger partial charge < -0.3 is 9.64 Å². The van der Waals surface area contributed by atoms with Crippen LogP contribution in [0.15, 0.2) is 42.5 Å². The third-order valence-electron chi connectivity index (χ3n) is 4.78. The van der Waals surface area contributed by atoms with Gasteiger partial charge in [-0.3, -0.25) is 9.69 Å². The van der Waals surface area contributed by atoms with Crippen LogP contribution in [0.2, 0.25) is 5.02 Å². The molecule has 1 heterocycles. The first-order valence-corrected chi connectivity index (χ1v) is 9.53. The van der Waals surface area contributed by atoms with Crippen LogP contribution in [0, 0.1) is 5.82 Å². The zero-order chi connectivity index (χ0) is 19.2. The molecule has 0 radical (unpaired) electrons. The van der Waals surface area contributed by atoms with Gasteiger partial charge >= 0.3 is 0 Å². The number of halogens is 2. The van der Waals surface area contributed by atoms with E-state index in [1.165, 1.54) is 6.07 Å². The molecule has 144 valence electrons. The Bertz CT molecular complexity index is 779. The Balaban J connectivity index is 1.60. The van der Waals surface area contributed by atoms with Crippen molar-refractivity contribution in [1.29, 1.82) is 0 Å². The largest absolute Gasteiger partial charge is 0.489 e. The lowest BCUT2D eigenvalue weighted by molar-refractivity contribution is -0.128. The molecule has 4 nitrogen and oxygen atoms in total. The van der Waals surface area contributed by atoms with Gasteiger partial charge in [0.05, 0.1) is 5.02 Å². The fourth-order valence-electron chi connectivity index (χ4n) is 3.26. The standard InChI is InChI=1S/C21H24ClFN2O2/c1-16(26)25-10-4-9-24(11-12-25)14-17-5-2-6-18(13-17)27-15-19-20(22)7-3-8-21(19)23/h2-3,5-8,13H,4,9-12,14-15H2,1H3. The summed E-state index contributed by atoms with van der Waals surface area (Å²) < 4.78 is 19.6. The van der Waals surface area contributed by atoms with Crippen LogP contribution in [0.4, 0.5) is 4.39 Å². The first kappa shape index (κ1) is 19.6. The summed E-state index contributed by atoms with van der Waals surface area (Å²) in [4.78, 5) is 15.8. The van der Waals surface area contributed by atoms with Gasteiger partial charge in [-0.2, -0.15) is 0 Å². The summed E-state index contributed by atoms with van der Waals surface area (Å²) in [5.74, 6) is 0.462. The van der Waals surface area contributed by atoms with E-state index < -0.39 is 0 Å². The molecule has 1 aliphatic rings. The fourth-order valence-corrected chi connectivity index (χ4v) is 3.48. The topological polar surface area (TPSA) is 32.8 Å². The van der Waals surface area contributed by atoms with E-state index in [0.717, 1.165) is 44.7 Å². The Morgan fingerprint density at radius 3 is 2.74 bits per heavy atom. The molecule has 27 heavy (non-hydrogen) atoms. The van der Waals surface area contributed by atoms with Crippen LogP contribution in [0.25, 0.3) is 0 Å². The maximum Gasteiger partial charge on any atom is 0.219 e. The SMILES string of the molecule is CC(=O)N1CCCN(Cc2cccc(OCc3c(F)cccc3Cl)c2)CC1. The fraction of sp³-hybridized carbons (Fsp3) is 0.381. The number of benzene rings is 2. The lowest BCUT2D eigenvalue weighted by atomic mass is 10.2. The minimum atomic E-state index is -0.363. The summed E-state index contributed by atoms with van der Waals surface area (Å²) in [5.41, 5.74) is 1.49. The van der Waals surface area contributed by atoms with Gasteiger partial charge in [0, 0.05) is 45.2 Å². The van der Waals surface area contributed by atoms with Crippen molar-refractivity contribution in [3.63, 3.8) is 0 Å². The van der Waals surface area contributed by atoms with Gasteiger partial charge in [-0.05, 0) is 36.2 Å². The normalized spacial score (nSPS) is 15.4. The van der Waals surface area contributed by atoms with Crippen LogP contribution in [-0.4, -0.2) is 41.9 Å². The summed E-state index contributed by atoms with van der Waals surface area (Å²) in [7, 11) is 0. The average Bonchev–Trinajstić information content (AvgIpc) is 2.87. The van der Waals surface area contributed by atoms with Gasteiger partial charge in [0.2, 0.25) is 5.91 Å². The van der Waals surface area contributed by atoms with Crippen LogP contribution < -0.4 is 4.74 Å². The number of carbonyl (C=O) groups is 1. The summed E-state index contributed by atoms with van der Waals surface area (Å²) in [6.45, 7) is 5.90. The van der Waals surface area contributed by atoms with E-state index in [1.807, 2.05) is 23.1 Å². The van der Waals surface area contributed by atoms with E-state index in [4.69, 9.17) is 16.3 Å². The van der Waals surface area contributed by atoms with Gasteiger partial charge in [0.1, 0.15) is 18.2 Å². The minimum absolute atomic E-state index is 0.0895. The molecule has 0 aliphatic carbocycles. The van der Waals surface area contributed by atoms with Crippen molar-refractivity contribution >= 4 is 17.5 Å². The summed E-state index contributed by atoms with van der Waals surface area (Å²) in [5, 5.41) is 0.366. The Labute approximate surface area is 164 Å². The van der Waals surface area contributed by atoms with Crippen molar-refractivity contribution in [2.45, 2.75) is 26.5 Å². The van der Waals surface area contributed by atoms with Crippen LogP contribution in [-0.2, 0) is 17.9 Å². The first-order chi connectivity index (χ1) is 13.0. The Morgan fingerprint density at radius 1 is 1.15 bits per heavy atom. The molecule has 1 fully saturated rings. The van der Waals surface area contributed by atoms with Gasteiger partial charge in [0.25, 0.3) is 0 Å². The Morgan fingerprint density at radius 2 is 1.96 bits per heavy atom. The molecule has 1 saturated heterocycles. The smallest absolute Gasteiger partial charge is 0.219 e. The van der Waals surface area contributed by atoms with E-state index in [0.29, 0.717) is 16.3 Å². The van der Waals surface area contributed by atoms with Crippen LogP contribution in [0.3, 0.4) is 0 Å².